The second kappa shape index (κ2) is 7.20. The summed E-state index contributed by atoms with van der Waals surface area (Å²) >= 11 is 1.85. The van der Waals surface area contributed by atoms with Gasteiger partial charge >= 0.3 is 12.0 Å². The maximum absolute atomic E-state index is 12.2. The highest BCUT2D eigenvalue weighted by atomic mass is 32.2. The number of aliphatic carboxylic acids is 1. The van der Waals surface area contributed by atoms with Gasteiger partial charge in [-0.1, -0.05) is 20.8 Å². The molecule has 116 valence electrons. The smallest absolute Gasteiger partial charge is 0.317 e. The van der Waals surface area contributed by atoms with E-state index in [0.717, 1.165) is 17.9 Å². The summed E-state index contributed by atoms with van der Waals surface area (Å²) in [5, 5.41) is 11.9. The van der Waals surface area contributed by atoms with Crippen LogP contribution in [0.1, 0.15) is 40.0 Å². The molecule has 0 bridgehead atoms. The number of rotatable bonds is 5. The van der Waals surface area contributed by atoms with Crippen molar-refractivity contribution < 1.29 is 14.7 Å². The number of carbonyl (C=O) groups excluding carboxylic acids is 1. The first-order valence-electron chi connectivity index (χ1n) is 7.02. The zero-order valence-electron chi connectivity index (χ0n) is 12.8. The molecule has 1 fully saturated rings. The third-order valence-electron chi connectivity index (χ3n) is 3.38. The number of hydrogen-bond acceptors (Lipinski definition) is 3. The summed E-state index contributed by atoms with van der Waals surface area (Å²) in [7, 11) is 1.79. The summed E-state index contributed by atoms with van der Waals surface area (Å²) in [5.74, 6) is 1.17. The number of urea groups is 1. The van der Waals surface area contributed by atoms with Crippen LogP contribution < -0.4 is 5.32 Å². The molecule has 2 unspecified atom stereocenters. The highest BCUT2D eigenvalue weighted by Gasteiger charge is 2.27. The number of carbonyl (C=O) groups is 2. The van der Waals surface area contributed by atoms with Crippen molar-refractivity contribution in [3.05, 3.63) is 0 Å². The molecule has 0 radical (unpaired) electrons. The Morgan fingerprint density at radius 3 is 2.55 bits per heavy atom. The lowest BCUT2D eigenvalue weighted by molar-refractivity contribution is -0.137. The number of carboxylic acids is 1. The fourth-order valence-corrected chi connectivity index (χ4v) is 3.66. The van der Waals surface area contributed by atoms with Crippen molar-refractivity contribution in [1.82, 2.24) is 10.2 Å². The van der Waals surface area contributed by atoms with E-state index in [1.165, 1.54) is 0 Å². The van der Waals surface area contributed by atoms with Gasteiger partial charge in [-0.15, -0.1) is 0 Å². The predicted molar refractivity (Wildman–Crippen MR) is 82.1 cm³/mol. The fourth-order valence-electron chi connectivity index (χ4n) is 2.39. The van der Waals surface area contributed by atoms with Crippen molar-refractivity contribution in [2.24, 2.45) is 5.41 Å². The van der Waals surface area contributed by atoms with E-state index >= 15 is 0 Å². The zero-order valence-corrected chi connectivity index (χ0v) is 13.6. The molecule has 0 aromatic heterocycles. The summed E-state index contributed by atoms with van der Waals surface area (Å²) in [6, 6.07) is -0.218. The first-order chi connectivity index (χ1) is 9.19. The third-order valence-corrected chi connectivity index (χ3v) is 4.53. The van der Waals surface area contributed by atoms with Crippen LogP contribution in [0.25, 0.3) is 0 Å². The number of hydrogen-bond donors (Lipinski definition) is 2. The van der Waals surface area contributed by atoms with E-state index in [-0.39, 0.29) is 30.0 Å². The minimum Gasteiger partial charge on any atom is -0.481 e. The van der Waals surface area contributed by atoms with Gasteiger partial charge < -0.3 is 15.3 Å². The van der Waals surface area contributed by atoms with Crippen LogP contribution in [0.5, 0.6) is 0 Å². The summed E-state index contributed by atoms with van der Waals surface area (Å²) in [5.41, 5.74) is -0.0187. The Morgan fingerprint density at radius 2 is 2.10 bits per heavy atom. The van der Waals surface area contributed by atoms with Crippen LogP contribution in [0.4, 0.5) is 4.79 Å². The molecule has 0 saturated carbocycles. The highest BCUT2D eigenvalue weighted by molar-refractivity contribution is 7.99. The Morgan fingerprint density at radius 1 is 1.45 bits per heavy atom. The third kappa shape index (κ3) is 6.03. The molecule has 1 aliphatic rings. The van der Waals surface area contributed by atoms with E-state index in [2.05, 4.69) is 5.32 Å². The second-order valence-electron chi connectivity index (χ2n) is 6.64. The molecule has 2 amide bonds. The molecule has 0 spiro atoms. The number of nitrogens with one attached hydrogen (secondary N) is 1. The Kier molecular flexibility index (Phi) is 6.17. The molecule has 0 aliphatic carbocycles. The predicted octanol–water partition coefficient (Wildman–Crippen LogP) is 2.41. The Labute approximate surface area is 125 Å². The first-order valence-corrected chi connectivity index (χ1v) is 8.17. The minimum absolute atomic E-state index is 0.0187. The van der Waals surface area contributed by atoms with Gasteiger partial charge in [0.25, 0.3) is 0 Å². The van der Waals surface area contributed by atoms with Crippen LogP contribution in [0.3, 0.4) is 0 Å². The van der Waals surface area contributed by atoms with Gasteiger partial charge in [0.05, 0.1) is 6.42 Å². The van der Waals surface area contributed by atoms with Crippen LogP contribution in [0.2, 0.25) is 0 Å². The van der Waals surface area contributed by atoms with Gasteiger partial charge in [0.15, 0.2) is 0 Å². The van der Waals surface area contributed by atoms with Gasteiger partial charge in [-0.25, -0.2) is 4.79 Å². The molecule has 20 heavy (non-hydrogen) atoms. The lowest BCUT2D eigenvalue weighted by atomic mass is 9.87. The number of thioether (sulfide) groups is 1. The van der Waals surface area contributed by atoms with Gasteiger partial charge in [0.1, 0.15) is 0 Å². The lowest BCUT2D eigenvalue weighted by Gasteiger charge is -2.30. The fraction of sp³-hybridized carbons (Fsp3) is 0.857. The topological polar surface area (TPSA) is 69.6 Å². The molecular weight excluding hydrogens is 276 g/mol. The summed E-state index contributed by atoms with van der Waals surface area (Å²) < 4.78 is 0. The van der Waals surface area contributed by atoms with Gasteiger partial charge in [0, 0.05) is 24.9 Å². The van der Waals surface area contributed by atoms with E-state index in [1.807, 2.05) is 32.5 Å². The van der Waals surface area contributed by atoms with Gasteiger partial charge in [-0.3, -0.25) is 4.79 Å². The SMILES string of the molecule is CN(C(=O)NC(CC(=O)O)CC(C)(C)C)C1CCSC1. The van der Waals surface area contributed by atoms with Crippen LogP contribution in [-0.4, -0.2) is 52.6 Å². The molecule has 2 N–H and O–H groups in total. The average Bonchev–Trinajstić information content (AvgIpc) is 2.77. The van der Waals surface area contributed by atoms with E-state index in [1.54, 1.807) is 11.9 Å². The van der Waals surface area contributed by atoms with Gasteiger partial charge in [-0.05, 0) is 24.0 Å². The molecule has 6 heteroatoms. The summed E-state index contributed by atoms with van der Waals surface area (Å²) in [6.45, 7) is 6.14. The van der Waals surface area contributed by atoms with Crippen molar-refractivity contribution in [3.63, 3.8) is 0 Å². The Hall–Kier alpha value is -0.910. The van der Waals surface area contributed by atoms with E-state index in [0.29, 0.717) is 6.42 Å². The maximum atomic E-state index is 12.2. The van der Waals surface area contributed by atoms with Crippen molar-refractivity contribution in [1.29, 1.82) is 0 Å². The van der Waals surface area contributed by atoms with Crippen molar-refractivity contribution in [2.45, 2.75) is 52.1 Å². The first kappa shape index (κ1) is 17.1. The molecule has 1 rings (SSSR count). The number of carboxylic acid groups (broad SMARTS) is 1. The zero-order chi connectivity index (χ0) is 15.3. The summed E-state index contributed by atoms with van der Waals surface area (Å²) in [4.78, 5) is 24.9. The van der Waals surface area contributed by atoms with Crippen molar-refractivity contribution in [2.75, 3.05) is 18.6 Å². The van der Waals surface area contributed by atoms with E-state index in [4.69, 9.17) is 5.11 Å². The van der Waals surface area contributed by atoms with E-state index < -0.39 is 5.97 Å². The maximum Gasteiger partial charge on any atom is 0.317 e. The molecule has 5 nitrogen and oxygen atoms in total. The Bertz CT molecular complexity index is 349. The second-order valence-corrected chi connectivity index (χ2v) is 7.79. The highest BCUT2D eigenvalue weighted by Crippen LogP contribution is 2.24. The number of nitrogens with zero attached hydrogens (tertiary/aromatic N) is 1. The largest absolute Gasteiger partial charge is 0.481 e. The molecule has 0 aromatic rings. The quantitative estimate of drug-likeness (QED) is 0.818. The molecule has 1 heterocycles. The average molecular weight is 302 g/mol. The minimum atomic E-state index is -0.876. The number of amides is 2. The van der Waals surface area contributed by atoms with Crippen molar-refractivity contribution in [3.8, 4) is 0 Å². The Balaban J connectivity index is 2.58. The van der Waals surface area contributed by atoms with Crippen LogP contribution in [0.15, 0.2) is 0 Å². The van der Waals surface area contributed by atoms with Crippen LogP contribution >= 0.6 is 11.8 Å². The van der Waals surface area contributed by atoms with Gasteiger partial charge in [-0.2, -0.15) is 11.8 Å². The molecule has 1 saturated heterocycles. The lowest BCUT2D eigenvalue weighted by Crippen LogP contribution is -2.48. The normalized spacial score (nSPS) is 20.5. The standard InChI is InChI=1S/C14H26N2O3S/c1-14(2,3)8-10(7-12(17)18)15-13(19)16(4)11-5-6-20-9-11/h10-11H,5-9H2,1-4H3,(H,15,19)(H,17,18). The summed E-state index contributed by atoms with van der Waals surface area (Å²) in [6.07, 6.45) is 1.63. The monoisotopic (exact) mass is 302 g/mol. The molecule has 0 aromatic carbocycles. The van der Waals surface area contributed by atoms with E-state index in [9.17, 15) is 9.59 Å². The molecule has 2 atom stereocenters. The van der Waals surface area contributed by atoms with Gasteiger partial charge in [0.2, 0.25) is 0 Å². The molecular formula is C14H26N2O3S. The van der Waals surface area contributed by atoms with Crippen LogP contribution in [-0.2, 0) is 4.79 Å². The van der Waals surface area contributed by atoms with Crippen molar-refractivity contribution >= 4 is 23.8 Å². The molecule has 1 aliphatic heterocycles. The van der Waals surface area contributed by atoms with Crippen LogP contribution in [0, 0.1) is 5.41 Å².